The Morgan fingerprint density at radius 1 is 1.90 bits per heavy atom. The van der Waals surface area contributed by atoms with E-state index in [1.807, 2.05) is 0 Å². The topological polar surface area (TPSA) is 50.2 Å². The highest BCUT2D eigenvalue weighted by Gasteiger charge is 2.06. The number of carboxylic acids is 1. The molecule has 1 aromatic rings. The third-order valence-electron chi connectivity index (χ3n) is 0.910. The van der Waals surface area contributed by atoms with Gasteiger partial charge in [-0.15, -0.1) is 0 Å². The smallest absolute Gasteiger partial charge is 0.338 e. The first-order valence-electron chi connectivity index (χ1n) is 2.97. The molecule has 0 aliphatic rings. The Morgan fingerprint density at radius 2 is 2.60 bits per heavy atom. The molecule has 10 heavy (non-hydrogen) atoms. The van der Waals surface area contributed by atoms with Crippen molar-refractivity contribution in [1.29, 1.82) is 0 Å². The van der Waals surface area contributed by atoms with Crippen molar-refractivity contribution in [2.45, 2.75) is 0 Å². The van der Waals surface area contributed by atoms with Gasteiger partial charge in [0.25, 0.3) is 0 Å². The average Bonchev–Trinajstić information content (AvgIpc) is 1.85. The van der Waals surface area contributed by atoms with Gasteiger partial charge >= 0.3 is 5.97 Å². The minimum Gasteiger partial charge on any atom is -0.478 e. The zero-order valence-electron chi connectivity index (χ0n) is 5.84. The van der Waals surface area contributed by atoms with Gasteiger partial charge in [-0.2, -0.15) is 0 Å². The molecular weight excluding hydrogens is 154 g/mol. The monoisotopic (exact) mass is 158 g/mol. The fraction of sp³-hybridized carbons (Fsp3) is 0. The van der Waals surface area contributed by atoms with Crippen LogP contribution in [-0.4, -0.2) is 16.1 Å². The van der Waals surface area contributed by atoms with Crippen LogP contribution in [-0.2, 0) is 0 Å². The summed E-state index contributed by atoms with van der Waals surface area (Å²) in [6.07, 6.45) is 1.29. The number of carbonyl (C=O) groups is 1. The molecule has 1 N–H and O–H groups in total. The number of halogens is 1. The van der Waals surface area contributed by atoms with Gasteiger partial charge in [-0.1, -0.05) is 11.6 Å². The summed E-state index contributed by atoms with van der Waals surface area (Å²) in [5.74, 6) is -1.23. The maximum Gasteiger partial charge on any atom is 0.338 e. The third-order valence-corrected chi connectivity index (χ3v) is 1.20. The largest absolute Gasteiger partial charge is 0.478 e. The molecule has 0 bridgehead atoms. The number of rotatable bonds is 1. The van der Waals surface area contributed by atoms with Crippen LogP contribution in [0.1, 0.15) is 11.7 Å². The van der Waals surface area contributed by atoms with Crippen LogP contribution in [0.4, 0.5) is 0 Å². The van der Waals surface area contributed by atoms with Crippen LogP contribution < -0.4 is 0 Å². The standard InChI is InChI=1S/C6H4ClNO2/c7-5-4(6(9)10)2-1-3-8-5/h1-3H,(H,9,10)/i2D. The van der Waals surface area contributed by atoms with Gasteiger partial charge < -0.3 is 5.11 Å². The number of hydrogen-bond donors (Lipinski definition) is 1. The summed E-state index contributed by atoms with van der Waals surface area (Å²) in [5.41, 5.74) is -0.255. The first kappa shape index (κ1) is 5.68. The van der Waals surface area contributed by atoms with E-state index < -0.39 is 5.97 Å². The van der Waals surface area contributed by atoms with Crippen molar-refractivity contribution in [2.75, 3.05) is 0 Å². The van der Waals surface area contributed by atoms with Crippen LogP contribution in [0.5, 0.6) is 0 Å². The van der Waals surface area contributed by atoms with E-state index in [1.54, 1.807) is 0 Å². The van der Waals surface area contributed by atoms with Crippen molar-refractivity contribution >= 4 is 17.6 Å². The molecular formula is C6H4ClNO2. The van der Waals surface area contributed by atoms with Gasteiger partial charge in [0.05, 0.1) is 6.93 Å². The number of nitrogens with zero attached hydrogens (tertiary/aromatic N) is 1. The molecule has 52 valence electrons. The summed E-state index contributed by atoms with van der Waals surface area (Å²) in [7, 11) is 0. The second kappa shape index (κ2) is 2.66. The van der Waals surface area contributed by atoms with E-state index in [-0.39, 0.29) is 16.8 Å². The molecule has 0 aromatic carbocycles. The van der Waals surface area contributed by atoms with Gasteiger partial charge in [0, 0.05) is 6.20 Å². The van der Waals surface area contributed by atoms with Gasteiger partial charge in [-0.25, -0.2) is 9.78 Å². The second-order valence-electron chi connectivity index (χ2n) is 1.56. The van der Waals surface area contributed by atoms with Crippen LogP contribution in [0.2, 0.25) is 5.15 Å². The maximum absolute atomic E-state index is 10.4. The number of carboxylic acid groups (broad SMARTS) is 1. The van der Waals surface area contributed by atoms with Crippen molar-refractivity contribution in [3.8, 4) is 0 Å². The molecule has 0 spiro atoms. The van der Waals surface area contributed by atoms with Gasteiger partial charge in [0.15, 0.2) is 0 Å². The zero-order valence-corrected chi connectivity index (χ0v) is 5.59. The molecule has 0 saturated carbocycles. The molecule has 0 unspecified atom stereocenters. The second-order valence-corrected chi connectivity index (χ2v) is 1.92. The number of hydrogen-bond acceptors (Lipinski definition) is 2. The SMILES string of the molecule is [2H]c1ccnc(Cl)c1C(=O)O. The number of aromatic carboxylic acids is 1. The number of aromatic nitrogens is 1. The van der Waals surface area contributed by atoms with Crippen molar-refractivity contribution in [3.05, 3.63) is 29.0 Å². The Labute approximate surface area is 63.7 Å². The van der Waals surface area contributed by atoms with Gasteiger partial charge in [0.2, 0.25) is 0 Å². The Morgan fingerprint density at radius 3 is 3.00 bits per heavy atom. The predicted octanol–water partition coefficient (Wildman–Crippen LogP) is 1.43. The van der Waals surface area contributed by atoms with Crippen LogP contribution in [0.3, 0.4) is 0 Å². The van der Waals surface area contributed by atoms with E-state index in [1.165, 1.54) is 12.3 Å². The molecule has 0 aliphatic carbocycles. The Kier molecular flexibility index (Phi) is 1.51. The minimum atomic E-state index is -1.23. The molecule has 0 amide bonds. The molecule has 0 fully saturated rings. The Bertz CT molecular complexity index is 282. The van der Waals surface area contributed by atoms with Crippen molar-refractivity contribution in [1.82, 2.24) is 4.98 Å². The molecule has 3 nitrogen and oxygen atoms in total. The third kappa shape index (κ3) is 1.25. The number of pyridine rings is 1. The summed E-state index contributed by atoms with van der Waals surface area (Å²) in [4.78, 5) is 13.9. The normalized spacial score (nSPS) is 10.7. The summed E-state index contributed by atoms with van der Waals surface area (Å²) in [6, 6.07) is 1.15. The highest BCUT2D eigenvalue weighted by molar-refractivity contribution is 6.32. The van der Waals surface area contributed by atoms with Crippen LogP contribution in [0.15, 0.2) is 18.3 Å². The highest BCUT2D eigenvalue weighted by Crippen LogP contribution is 2.10. The van der Waals surface area contributed by atoms with Crippen molar-refractivity contribution in [2.24, 2.45) is 0 Å². The summed E-state index contributed by atoms with van der Waals surface area (Å²) < 4.78 is 7.14. The molecule has 1 aromatic heterocycles. The first-order valence-corrected chi connectivity index (χ1v) is 2.85. The summed E-state index contributed by atoms with van der Waals surface area (Å²) in [6.45, 7) is 0. The quantitative estimate of drug-likeness (QED) is 0.629. The zero-order chi connectivity index (χ0) is 8.43. The van der Waals surface area contributed by atoms with Gasteiger partial charge in [0.1, 0.15) is 5.15 Å². The molecule has 1 rings (SSSR count). The Balaban J connectivity index is 3.32. The van der Waals surface area contributed by atoms with E-state index in [9.17, 15) is 4.79 Å². The molecule has 0 saturated heterocycles. The lowest BCUT2D eigenvalue weighted by molar-refractivity contribution is 0.0696. The fourth-order valence-electron chi connectivity index (χ4n) is 0.497. The van der Waals surface area contributed by atoms with Crippen LogP contribution in [0, 0.1) is 0 Å². The molecule has 4 heteroatoms. The molecule has 1 heterocycles. The lowest BCUT2D eigenvalue weighted by atomic mass is 10.3. The van der Waals surface area contributed by atoms with Crippen molar-refractivity contribution in [3.63, 3.8) is 0 Å². The van der Waals surface area contributed by atoms with E-state index in [4.69, 9.17) is 18.1 Å². The highest BCUT2D eigenvalue weighted by atomic mass is 35.5. The average molecular weight is 159 g/mol. The maximum atomic E-state index is 10.4. The van der Waals surface area contributed by atoms with Gasteiger partial charge in [-0.05, 0) is 12.1 Å². The lowest BCUT2D eigenvalue weighted by Crippen LogP contribution is -1.97. The molecule has 0 radical (unpaired) electrons. The van der Waals surface area contributed by atoms with E-state index >= 15 is 0 Å². The first-order chi connectivity index (χ1) is 5.13. The summed E-state index contributed by atoms with van der Waals surface area (Å²) in [5, 5.41) is 8.35. The fourth-order valence-corrected chi connectivity index (χ4v) is 0.689. The van der Waals surface area contributed by atoms with Crippen LogP contribution in [0.25, 0.3) is 0 Å². The van der Waals surface area contributed by atoms with Crippen LogP contribution >= 0.6 is 11.6 Å². The minimum absolute atomic E-state index is 0.127. The molecule has 0 atom stereocenters. The predicted molar refractivity (Wildman–Crippen MR) is 36.2 cm³/mol. The molecule has 0 aliphatic heterocycles. The van der Waals surface area contributed by atoms with E-state index in [0.29, 0.717) is 0 Å². The van der Waals surface area contributed by atoms with Gasteiger partial charge in [-0.3, -0.25) is 0 Å². The van der Waals surface area contributed by atoms with E-state index in [0.717, 1.165) is 0 Å². The Hall–Kier alpha value is -1.09. The van der Waals surface area contributed by atoms with E-state index in [2.05, 4.69) is 4.98 Å². The summed E-state index contributed by atoms with van der Waals surface area (Å²) >= 11 is 5.41. The lowest BCUT2D eigenvalue weighted by Gasteiger charge is -1.93. The van der Waals surface area contributed by atoms with Crippen molar-refractivity contribution < 1.29 is 11.3 Å².